The van der Waals surface area contributed by atoms with Crippen LogP contribution < -0.4 is 10.2 Å². The van der Waals surface area contributed by atoms with Crippen LogP contribution in [0.3, 0.4) is 0 Å². The number of piperazine rings is 1. The van der Waals surface area contributed by atoms with E-state index in [1.807, 2.05) is 4.90 Å². The van der Waals surface area contributed by atoms with Gasteiger partial charge >= 0.3 is 6.18 Å². The van der Waals surface area contributed by atoms with E-state index in [4.69, 9.17) is 9.47 Å². The lowest BCUT2D eigenvalue weighted by molar-refractivity contribution is -0.137. The molecule has 2 aliphatic rings. The molecule has 29 heavy (non-hydrogen) atoms. The molecule has 0 spiro atoms. The monoisotopic (exact) mass is 417 g/mol. The average molecular weight is 417 g/mol. The molecular weight excluding hydrogens is 391 g/mol. The van der Waals surface area contributed by atoms with E-state index in [-0.39, 0.29) is 19.1 Å². The lowest BCUT2D eigenvalue weighted by Crippen LogP contribution is -2.51. The fourth-order valence-electron chi connectivity index (χ4n) is 3.67. The molecule has 2 fully saturated rings. The number of amides is 1. The summed E-state index contributed by atoms with van der Waals surface area (Å²) < 4.78 is 49.2. The number of nitrogens with one attached hydrogen (secondary N) is 1. The Hall–Kier alpha value is -1.88. The van der Waals surface area contributed by atoms with Gasteiger partial charge in [0.1, 0.15) is 12.7 Å². The molecule has 2 heterocycles. The maximum Gasteiger partial charge on any atom is 0.416 e. The van der Waals surface area contributed by atoms with E-state index in [9.17, 15) is 23.1 Å². The Kier molecular flexibility index (Phi) is 6.99. The van der Waals surface area contributed by atoms with Crippen LogP contribution in [0.25, 0.3) is 0 Å². The fourth-order valence-corrected chi connectivity index (χ4v) is 3.67. The highest BCUT2D eigenvalue weighted by Crippen LogP contribution is 2.32. The number of alkyl halides is 3. The average Bonchev–Trinajstić information content (AvgIpc) is 3.02. The van der Waals surface area contributed by atoms with Gasteiger partial charge in [-0.15, -0.1) is 0 Å². The predicted molar refractivity (Wildman–Crippen MR) is 99.7 cm³/mol. The van der Waals surface area contributed by atoms with Crippen LogP contribution in [0.4, 0.5) is 18.9 Å². The van der Waals surface area contributed by atoms with Crippen molar-refractivity contribution < 1.29 is 32.5 Å². The van der Waals surface area contributed by atoms with Gasteiger partial charge in [-0.2, -0.15) is 13.2 Å². The Labute approximate surface area is 167 Å². The van der Waals surface area contributed by atoms with E-state index in [2.05, 4.69) is 10.2 Å². The smallest absolute Gasteiger partial charge is 0.388 e. The molecular formula is C19H26F3N3O4. The van der Waals surface area contributed by atoms with Crippen molar-refractivity contribution in [2.45, 2.75) is 24.4 Å². The van der Waals surface area contributed by atoms with Crippen LogP contribution in [-0.4, -0.2) is 87.2 Å². The summed E-state index contributed by atoms with van der Waals surface area (Å²) in [6.45, 7) is 3.09. The molecule has 0 aromatic heterocycles. The van der Waals surface area contributed by atoms with Crippen LogP contribution in [0.5, 0.6) is 0 Å². The van der Waals surface area contributed by atoms with Gasteiger partial charge in [-0.1, -0.05) is 6.07 Å². The molecule has 0 aliphatic carbocycles. The standard InChI is InChI=1S/C19H26F3N3O4/c1-28-12-17(26)23-15-11-29-16(18(15)27)10-24-5-7-25(8-6-24)14-4-2-3-13(9-14)19(20,21)22/h2-4,9,15-16,18,27H,5-8,10-12H2,1H3,(H,23,26)/t15-,16-,18+/m0/s1. The second-order valence-electron chi connectivity index (χ2n) is 7.31. The molecule has 0 saturated carbocycles. The lowest BCUT2D eigenvalue weighted by Gasteiger charge is -2.37. The Morgan fingerprint density at radius 1 is 1.31 bits per heavy atom. The molecule has 3 rings (SSSR count). The molecule has 7 nitrogen and oxygen atoms in total. The first kappa shape index (κ1) is 21.8. The molecule has 2 aliphatic heterocycles. The first-order valence-corrected chi connectivity index (χ1v) is 9.50. The number of carbonyl (C=O) groups excluding carboxylic acids is 1. The van der Waals surface area contributed by atoms with Gasteiger partial charge in [0, 0.05) is 45.5 Å². The molecule has 0 unspecified atom stereocenters. The SMILES string of the molecule is COCC(=O)N[C@H]1CO[C@@H](CN2CCN(c3cccc(C(F)(F)F)c3)CC2)[C@@H]1O. The molecule has 1 aromatic rings. The number of benzene rings is 1. The number of methoxy groups -OCH3 is 1. The molecule has 0 radical (unpaired) electrons. The molecule has 1 amide bonds. The van der Waals surface area contributed by atoms with Gasteiger partial charge in [0.25, 0.3) is 0 Å². The van der Waals surface area contributed by atoms with Crippen LogP contribution in [0.2, 0.25) is 0 Å². The molecule has 0 bridgehead atoms. The summed E-state index contributed by atoms with van der Waals surface area (Å²) in [7, 11) is 1.42. The van der Waals surface area contributed by atoms with E-state index < -0.39 is 30.0 Å². The normalized spacial score (nSPS) is 26.0. The van der Waals surface area contributed by atoms with Crippen molar-refractivity contribution in [2.24, 2.45) is 0 Å². The summed E-state index contributed by atoms with van der Waals surface area (Å²) in [5.41, 5.74) is -0.0981. The zero-order chi connectivity index (χ0) is 21.0. The van der Waals surface area contributed by atoms with Gasteiger partial charge in [0.15, 0.2) is 0 Å². The Balaban J connectivity index is 1.49. The van der Waals surface area contributed by atoms with Crippen molar-refractivity contribution in [3.63, 3.8) is 0 Å². The minimum atomic E-state index is -4.36. The molecule has 2 saturated heterocycles. The third-order valence-corrected chi connectivity index (χ3v) is 5.25. The van der Waals surface area contributed by atoms with Crippen molar-refractivity contribution in [3.8, 4) is 0 Å². The highest BCUT2D eigenvalue weighted by atomic mass is 19.4. The van der Waals surface area contributed by atoms with E-state index in [1.54, 1.807) is 6.07 Å². The number of aliphatic hydroxyl groups excluding tert-OH is 1. The summed E-state index contributed by atoms with van der Waals surface area (Å²) in [5, 5.41) is 13.1. The first-order chi connectivity index (χ1) is 13.8. The van der Waals surface area contributed by atoms with Crippen LogP contribution >= 0.6 is 0 Å². The van der Waals surface area contributed by atoms with Gasteiger partial charge in [-0.3, -0.25) is 9.69 Å². The van der Waals surface area contributed by atoms with Crippen LogP contribution in [0, 0.1) is 0 Å². The lowest BCUT2D eigenvalue weighted by atomic mass is 10.1. The van der Waals surface area contributed by atoms with Crippen LogP contribution in [-0.2, 0) is 20.4 Å². The zero-order valence-electron chi connectivity index (χ0n) is 16.2. The largest absolute Gasteiger partial charge is 0.416 e. The molecule has 162 valence electrons. The van der Waals surface area contributed by atoms with Crippen molar-refractivity contribution in [1.29, 1.82) is 0 Å². The molecule has 10 heteroatoms. The summed E-state index contributed by atoms with van der Waals surface area (Å²) in [6.07, 6.45) is -5.61. The van der Waals surface area contributed by atoms with E-state index in [0.29, 0.717) is 38.4 Å². The summed E-state index contributed by atoms with van der Waals surface area (Å²) in [4.78, 5) is 15.6. The summed E-state index contributed by atoms with van der Waals surface area (Å²) >= 11 is 0. The number of rotatable bonds is 6. The number of anilines is 1. The number of hydrogen-bond acceptors (Lipinski definition) is 6. The van der Waals surface area contributed by atoms with Crippen LogP contribution in [0.15, 0.2) is 24.3 Å². The van der Waals surface area contributed by atoms with Gasteiger partial charge in [-0.05, 0) is 18.2 Å². The maximum absolute atomic E-state index is 12.9. The van der Waals surface area contributed by atoms with Gasteiger partial charge in [0.2, 0.25) is 5.91 Å². The zero-order valence-corrected chi connectivity index (χ0v) is 16.2. The van der Waals surface area contributed by atoms with Crippen molar-refractivity contribution >= 4 is 11.6 Å². The van der Waals surface area contributed by atoms with Crippen molar-refractivity contribution in [2.75, 3.05) is 57.9 Å². The van der Waals surface area contributed by atoms with Crippen LogP contribution in [0.1, 0.15) is 5.56 Å². The van der Waals surface area contributed by atoms with Gasteiger partial charge < -0.3 is 24.8 Å². The second-order valence-corrected chi connectivity index (χ2v) is 7.31. The summed E-state index contributed by atoms with van der Waals surface area (Å²) in [5.74, 6) is -0.310. The quantitative estimate of drug-likeness (QED) is 0.711. The van der Waals surface area contributed by atoms with Crippen molar-refractivity contribution in [1.82, 2.24) is 10.2 Å². The maximum atomic E-state index is 12.9. The molecule has 3 atom stereocenters. The van der Waals surface area contributed by atoms with Gasteiger partial charge in [0.05, 0.1) is 24.3 Å². The summed E-state index contributed by atoms with van der Waals surface area (Å²) in [6, 6.07) is 4.87. The predicted octanol–water partition coefficient (Wildman–Crippen LogP) is 0.718. The number of ether oxygens (including phenoxy) is 2. The van der Waals surface area contributed by atoms with Gasteiger partial charge in [-0.25, -0.2) is 0 Å². The fraction of sp³-hybridized carbons (Fsp3) is 0.632. The minimum Gasteiger partial charge on any atom is -0.388 e. The number of hydrogen-bond donors (Lipinski definition) is 2. The number of aliphatic hydroxyl groups is 1. The van der Waals surface area contributed by atoms with E-state index in [0.717, 1.165) is 6.07 Å². The molecule has 1 aromatic carbocycles. The third-order valence-electron chi connectivity index (χ3n) is 5.25. The number of carbonyl (C=O) groups is 1. The highest BCUT2D eigenvalue weighted by molar-refractivity contribution is 5.77. The van der Waals surface area contributed by atoms with E-state index in [1.165, 1.54) is 19.2 Å². The Morgan fingerprint density at radius 3 is 2.69 bits per heavy atom. The topological polar surface area (TPSA) is 74.3 Å². The number of halogens is 3. The highest BCUT2D eigenvalue weighted by Gasteiger charge is 2.38. The Bertz CT molecular complexity index is 696. The van der Waals surface area contributed by atoms with Crippen molar-refractivity contribution in [3.05, 3.63) is 29.8 Å². The first-order valence-electron chi connectivity index (χ1n) is 9.50. The number of nitrogens with zero attached hydrogens (tertiary/aromatic N) is 2. The second kappa shape index (κ2) is 9.29. The molecule has 2 N–H and O–H groups in total. The third kappa shape index (κ3) is 5.59. The Morgan fingerprint density at radius 2 is 2.03 bits per heavy atom. The van der Waals surface area contributed by atoms with E-state index >= 15 is 0 Å². The minimum absolute atomic E-state index is 0.0780.